The molecule has 0 amide bonds. The van der Waals surface area contributed by atoms with Crippen LogP contribution in [0.4, 0.5) is 0 Å². The molecule has 0 fully saturated rings. The van der Waals surface area contributed by atoms with Gasteiger partial charge in [-0.1, -0.05) is 34.6 Å². The molecule has 3 heteroatoms. The van der Waals surface area contributed by atoms with E-state index in [0.717, 1.165) is 0 Å². The van der Waals surface area contributed by atoms with Crippen LogP contribution < -0.4 is 11.3 Å². The molecule has 0 aromatic rings. The zero-order valence-electron chi connectivity index (χ0n) is 9.72. The normalized spacial score (nSPS) is 17.5. The van der Waals surface area contributed by atoms with Crippen molar-refractivity contribution in [3.8, 4) is 0 Å². The molecule has 0 aromatic carbocycles. The summed E-state index contributed by atoms with van der Waals surface area (Å²) >= 11 is 0. The van der Waals surface area contributed by atoms with Crippen LogP contribution in [0.3, 0.4) is 0 Å². The lowest BCUT2D eigenvalue weighted by Crippen LogP contribution is -2.54. The van der Waals surface area contributed by atoms with Crippen LogP contribution in [-0.4, -0.2) is 19.3 Å². The molecule has 0 bridgehead atoms. The number of ether oxygens (including phenoxy) is 1. The third-order valence-electron chi connectivity index (χ3n) is 2.37. The van der Waals surface area contributed by atoms with Gasteiger partial charge in [-0.2, -0.15) is 0 Å². The number of nitrogens with two attached hydrogens (primary N) is 1. The van der Waals surface area contributed by atoms with Gasteiger partial charge in [-0.15, -0.1) is 0 Å². The Morgan fingerprint density at radius 3 is 1.77 bits per heavy atom. The van der Waals surface area contributed by atoms with Crippen molar-refractivity contribution in [2.45, 2.75) is 46.8 Å². The van der Waals surface area contributed by atoms with Crippen molar-refractivity contribution in [3.05, 3.63) is 0 Å². The summed E-state index contributed by atoms with van der Waals surface area (Å²) in [6.07, 6.45) is 0.157. The molecule has 0 aliphatic heterocycles. The van der Waals surface area contributed by atoms with E-state index in [2.05, 4.69) is 40.0 Å². The fourth-order valence-electron chi connectivity index (χ4n) is 1.63. The van der Waals surface area contributed by atoms with Gasteiger partial charge in [-0.05, 0) is 11.3 Å². The molecular weight excluding hydrogens is 164 g/mol. The average Bonchev–Trinajstić information content (AvgIpc) is 1.96. The standard InChI is InChI=1S/C10H24N2O/c1-7(2)8(13-6)9(12-11)10(3,4)5/h7-9,12H,11H2,1-6H3. The first-order chi connectivity index (χ1) is 5.84. The SMILES string of the molecule is COC(C(C)C)C(NN)C(C)(C)C. The fraction of sp³-hybridized carbons (Fsp3) is 1.00. The van der Waals surface area contributed by atoms with Crippen LogP contribution in [0, 0.1) is 11.3 Å². The van der Waals surface area contributed by atoms with Crippen molar-refractivity contribution in [3.63, 3.8) is 0 Å². The summed E-state index contributed by atoms with van der Waals surface area (Å²) in [5, 5.41) is 0. The van der Waals surface area contributed by atoms with E-state index in [9.17, 15) is 0 Å². The number of rotatable bonds is 4. The zero-order valence-corrected chi connectivity index (χ0v) is 9.72. The number of nitrogens with one attached hydrogen (secondary N) is 1. The lowest BCUT2D eigenvalue weighted by molar-refractivity contribution is -0.00112. The molecule has 0 spiro atoms. The molecule has 3 N–H and O–H groups in total. The van der Waals surface area contributed by atoms with E-state index in [1.165, 1.54) is 0 Å². The van der Waals surface area contributed by atoms with Gasteiger partial charge < -0.3 is 4.74 Å². The molecular formula is C10H24N2O. The lowest BCUT2D eigenvalue weighted by Gasteiger charge is -2.37. The molecule has 3 nitrogen and oxygen atoms in total. The van der Waals surface area contributed by atoms with Gasteiger partial charge in [-0.25, -0.2) is 0 Å². The smallest absolute Gasteiger partial charge is 0.0765 e. The molecule has 2 unspecified atom stereocenters. The second kappa shape index (κ2) is 4.94. The van der Waals surface area contributed by atoms with Gasteiger partial charge in [0, 0.05) is 7.11 Å². The molecule has 0 saturated heterocycles. The minimum absolute atomic E-state index is 0.111. The number of hydrazine groups is 1. The Kier molecular flexibility index (Phi) is 4.89. The predicted molar refractivity (Wildman–Crippen MR) is 56.2 cm³/mol. The highest BCUT2D eigenvalue weighted by molar-refractivity contribution is 4.87. The molecule has 13 heavy (non-hydrogen) atoms. The highest BCUT2D eigenvalue weighted by atomic mass is 16.5. The minimum atomic E-state index is 0.111. The maximum Gasteiger partial charge on any atom is 0.0765 e. The molecule has 0 rings (SSSR count). The maximum atomic E-state index is 5.54. The molecule has 2 atom stereocenters. The molecule has 0 radical (unpaired) electrons. The highest BCUT2D eigenvalue weighted by Crippen LogP contribution is 2.26. The molecule has 0 aliphatic rings. The van der Waals surface area contributed by atoms with Crippen molar-refractivity contribution >= 4 is 0 Å². The highest BCUT2D eigenvalue weighted by Gasteiger charge is 2.33. The molecule has 0 saturated carbocycles. The van der Waals surface area contributed by atoms with Gasteiger partial charge in [-0.3, -0.25) is 11.3 Å². The van der Waals surface area contributed by atoms with E-state index >= 15 is 0 Å². The van der Waals surface area contributed by atoms with Crippen molar-refractivity contribution in [1.82, 2.24) is 5.43 Å². The molecule has 0 aromatic heterocycles. The van der Waals surface area contributed by atoms with E-state index in [1.807, 2.05) is 0 Å². The lowest BCUT2D eigenvalue weighted by atomic mass is 9.80. The summed E-state index contributed by atoms with van der Waals surface area (Å²) in [6.45, 7) is 10.8. The second-order valence-corrected chi connectivity index (χ2v) is 4.95. The quantitative estimate of drug-likeness (QED) is 0.519. The number of methoxy groups -OCH3 is 1. The first-order valence-corrected chi connectivity index (χ1v) is 4.83. The molecule has 80 valence electrons. The van der Waals surface area contributed by atoms with Crippen molar-refractivity contribution in [1.29, 1.82) is 0 Å². The number of hydrogen-bond donors (Lipinski definition) is 2. The Labute approximate surface area is 82.0 Å². The van der Waals surface area contributed by atoms with Crippen LogP contribution in [0.5, 0.6) is 0 Å². The van der Waals surface area contributed by atoms with Gasteiger partial charge in [0.2, 0.25) is 0 Å². The summed E-state index contributed by atoms with van der Waals surface area (Å²) in [7, 11) is 1.74. The summed E-state index contributed by atoms with van der Waals surface area (Å²) in [5.74, 6) is 6.01. The Morgan fingerprint density at radius 1 is 1.23 bits per heavy atom. The summed E-state index contributed by atoms with van der Waals surface area (Å²) in [6, 6.07) is 0.178. The van der Waals surface area contributed by atoms with Gasteiger partial charge >= 0.3 is 0 Å². The second-order valence-electron chi connectivity index (χ2n) is 4.95. The van der Waals surface area contributed by atoms with Crippen LogP contribution >= 0.6 is 0 Å². The average molecular weight is 188 g/mol. The zero-order chi connectivity index (χ0) is 10.6. The first-order valence-electron chi connectivity index (χ1n) is 4.83. The van der Waals surface area contributed by atoms with Crippen LogP contribution in [0.25, 0.3) is 0 Å². The van der Waals surface area contributed by atoms with Crippen LogP contribution in [-0.2, 0) is 4.74 Å². The van der Waals surface area contributed by atoms with E-state index < -0.39 is 0 Å². The molecule has 0 aliphatic carbocycles. The van der Waals surface area contributed by atoms with Crippen LogP contribution in [0.15, 0.2) is 0 Å². The van der Waals surface area contributed by atoms with E-state index in [1.54, 1.807) is 7.11 Å². The Hall–Kier alpha value is -0.120. The number of hydrogen-bond acceptors (Lipinski definition) is 3. The third kappa shape index (κ3) is 3.63. The third-order valence-corrected chi connectivity index (χ3v) is 2.37. The van der Waals surface area contributed by atoms with Crippen molar-refractivity contribution in [2.75, 3.05) is 7.11 Å². The largest absolute Gasteiger partial charge is 0.379 e. The van der Waals surface area contributed by atoms with Crippen molar-refractivity contribution < 1.29 is 4.74 Å². The topological polar surface area (TPSA) is 47.3 Å². The first kappa shape index (κ1) is 12.9. The fourth-order valence-corrected chi connectivity index (χ4v) is 1.63. The maximum absolute atomic E-state index is 5.54. The Balaban J connectivity index is 4.53. The summed E-state index contributed by atoms with van der Waals surface area (Å²) < 4.78 is 5.45. The van der Waals surface area contributed by atoms with E-state index in [0.29, 0.717) is 5.92 Å². The Bertz CT molecular complexity index is 140. The van der Waals surface area contributed by atoms with Crippen molar-refractivity contribution in [2.24, 2.45) is 17.2 Å². The van der Waals surface area contributed by atoms with Crippen LogP contribution in [0.2, 0.25) is 0 Å². The molecule has 0 heterocycles. The minimum Gasteiger partial charge on any atom is -0.379 e. The van der Waals surface area contributed by atoms with E-state index in [-0.39, 0.29) is 17.6 Å². The van der Waals surface area contributed by atoms with E-state index in [4.69, 9.17) is 10.6 Å². The van der Waals surface area contributed by atoms with Gasteiger partial charge in [0.1, 0.15) is 0 Å². The monoisotopic (exact) mass is 188 g/mol. The van der Waals surface area contributed by atoms with Gasteiger partial charge in [0.05, 0.1) is 12.1 Å². The van der Waals surface area contributed by atoms with Crippen LogP contribution in [0.1, 0.15) is 34.6 Å². The Morgan fingerprint density at radius 2 is 1.69 bits per heavy atom. The van der Waals surface area contributed by atoms with Gasteiger partial charge in [0.15, 0.2) is 0 Å². The summed E-state index contributed by atoms with van der Waals surface area (Å²) in [4.78, 5) is 0. The predicted octanol–water partition coefficient (Wildman–Crippen LogP) is 1.54. The summed E-state index contributed by atoms with van der Waals surface area (Å²) in [5.41, 5.74) is 2.96. The van der Waals surface area contributed by atoms with Gasteiger partial charge in [0.25, 0.3) is 0 Å².